The molecule has 4 rings (SSSR count). The van der Waals surface area contributed by atoms with Crippen LogP contribution in [0.1, 0.15) is 35.0 Å². The van der Waals surface area contributed by atoms with Gasteiger partial charge in [-0.3, -0.25) is 4.79 Å². The molecule has 5 nitrogen and oxygen atoms in total. The van der Waals surface area contributed by atoms with Crippen molar-refractivity contribution in [3.63, 3.8) is 0 Å². The molecule has 0 aliphatic carbocycles. The summed E-state index contributed by atoms with van der Waals surface area (Å²) in [6, 6.07) is 15.1. The molecular formula is C24H24ClNO4S. The molecule has 1 amide bonds. The maximum absolute atomic E-state index is 13.1. The number of hydrogen-bond acceptors (Lipinski definition) is 5. The molecular weight excluding hydrogens is 434 g/mol. The molecule has 1 atom stereocenters. The van der Waals surface area contributed by atoms with Gasteiger partial charge in [0.15, 0.2) is 11.5 Å². The van der Waals surface area contributed by atoms with Gasteiger partial charge in [0.2, 0.25) is 0 Å². The van der Waals surface area contributed by atoms with Gasteiger partial charge in [0.05, 0.1) is 24.6 Å². The molecule has 2 aromatic carbocycles. The van der Waals surface area contributed by atoms with E-state index in [1.54, 1.807) is 24.1 Å². The van der Waals surface area contributed by atoms with E-state index in [4.69, 9.17) is 21.1 Å². The SMILES string of the molecule is CCC[C@@H](O)COc1ccc(N2Cc3cc(-c4ccc(Cl)cc4)sc3C2=O)cc1OC. The van der Waals surface area contributed by atoms with Gasteiger partial charge in [0.25, 0.3) is 5.91 Å². The van der Waals surface area contributed by atoms with Crippen molar-refractivity contribution < 1.29 is 19.4 Å². The Bertz CT molecular complexity index is 1080. The Morgan fingerprint density at radius 3 is 2.61 bits per heavy atom. The highest BCUT2D eigenvalue weighted by Gasteiger charge is 2.32. The van der Waals surface area contributed by atoms with Gasteiger partial charge in [0.1, 0.15) is 6.61 Å². The topological polar surface area (TPSA) is 59.0 Å². The van der Waals surface area contributed by atoms with Crippen LogP contribution in [0.25, 0.3) is 10.4 Å². The zero-order valence-electron chi connectivity index (χ0n) is 17.4. The fraction of sp³-hybridized carbons (Fsp3) is 0.292. The largest absolute Gasteiger partial charge is 0.493 e. The van der Waals surface area contributed by atoms with Gasteiger partial charge in [-0.1, -0.05) is 37.1 Å². The van der Waals surface area contributed by atoms with Crippen LogP contribution in [-0.2, 0) is 6.54 Å². The van der Waals surface area contributed by atoms with Crippen molar-refractivity contribution in [1.29, 1.82) is 0 Å². The molecule has 0 bridgehead atoms. The van der Waals surface area contributed by atoms with Crippen LogP contribution in [-0.4, -0.2) is 30.8 Å². The Balaban J connectivity index is 1.51. The van der Waals surface area contributed by atoms with Gasteiger partial charge in [-0.15, -0.1) is 11.3 Å². The number of carbonyl (C=O) groups excluding carboxylic acids is 1. The lowest BCUT2D eigenvalue weighted by Crippen LogP contribution is -2.23. The van der Waals surface area contributed by atoms with E-state index in [0.29, 0.717) is 29.5 Å². The number of halogens is 1. The quantitative estimate of drug-likeness (QED) is 0.466. The van der Waals surface area contributed by atoms with Crippen LogP contribution >= 0.6 is 22.9 Å². The average molecular weight is 458 g/mol. The van der Waals surface area contributed by atoms with Gasteiger partial charge in [-0.05, 0) is 47.9 Å². The van der Waals surface area contributed by atoms with Crippen molar-refractivity contribution in [3.05, 3.63) is 64.0 Å². The summed E-state index contributed by atoms with van der Waals surface area (Å²) in [5, 5.41) is 10.6. The Hall–Kier alpha value is -2.54. The first-order valence-corrected chi connectivity index (χ1v) is 11.4. The van der Waals surface area contributed by atoms with E-state index in [9.17, 15) is 9.90 Å². The third-order valence-corrected chi connectivity index (χ3v) is 6.68. The number of methoxy groups -OCH3 is 1. The summed E-state index contributed by atoms with van der Waals surface area (Å²) >= 11 is 7.48. The van der Waals surface area contributed by atoms with Crippen LogP contribution in [0.3, 0.4) is 0 Å². The Morgan fingerprint density at radius 1 is 1.16 bits per heavy atom. The number of hydrogen-bond donors (Lipinski definition) is 1. The van der Waals surface area contributed by atoms with E-state index >= 15 is 0 Å². The standard InChI is InChI=1S/C24H24ClNO4S/c1-3-4-19(27)14-30-20-10-9-18(12-21(20)29-2)26-13-16-11-22(31-23(16)24(26)28)15-5-7-17(25)8-6-15/h5-12,19,27H,3-4,13-14H2,1-2H3/t19-/m1/s1. The highest BCUT2D eigenvalue weighted by Crippen LogP contribution is 2.40. The summed E-state index contributed by atoms with van der Waals surface area (Å²) in [6.07, 6.45) is 1.06. The first kappa shape index (κ1) is 21.7. The van der Waals surface area contributed by atoms with Gasteiger partial charge in [0, 0.05) is 21.7 Å². The number of thiophene rings is 1. The van der Waals surface area contributed by atoms with Crippen LogP contribution in [0.4, 0.5) is 5.69 Å². The van der Waals surface area contributed by atoms with E-state index in [0.717, 1.165) is 33.0 Å². The molecule has 1 aliphatic rings. The van der Waals surface area contributed by atoms with E-state index < -0.39 is 6.10 Å². The highest BCUT2D eigenvalue weighted by atomic mass is 35.5. The minimum absolute atomic E-state index is 0.0192. The molecule has 3 aromatic rings. The number of carbonyl (C=O) groups is 1. The van der Waals surface area contributed by atoms with E-state index in [1.165, 1.54) is 11.3 Å². The Kier molecular flexibility index (Phi) is 6.51. The molecule has 2 heterocycles. The van der Waals surface area contributed by atoms with Gasteiger partial charge in [-0.25, -0.2) is 0 Å². The number of nitrogens with zero attached hydrogens (tertiary/aromatic N) is 1. The number of aliphatic hydroxyl groups is 1. The normalized spacial score (nSPS) is 13.9. The smallest absolute Gasteiger partial charge is 0.269 e. The van der Waals surface area contributed by atoms with Gasteiger partial charge in [-0.2, -0.15) is 0 Å². The first-order chi connectivity index (χ1) is 15.0. The molecule has 0 fully saturated rings. The average Bonchev–Trinajstić information content (AvgIpc) is 3.32. The molecule has 0 saturated carbocycles. The van der Waals surface area contributed by atoms with Gasteiger partial charge < -0.3 is 19.5 Å². The van der Waals surface area contributed by atoms with E-state index in [-0.39, 0.29) is 12.5 Å². The molecule has 1 aliphatic heterocycles. The highest BCUT2D eigenvalue weighted by molar-refractivity contribution is 7.17. The van der Waals surface area contributed by atoms with Crippen LogP contribution in [0, 0.1) is 0 Å². The van der Waals surface area contributed by atoms with Crippen molar-refractivity contribution in [3.8, 4) is 21.9 Å². The molecule has 7 heteroatoms. The second kappa shape index (κ2) is 9.30. The van der Waals surface area contributed by atoms with Crippen LogP contribution in [0.15, 0.2) is 48.5 Å². The third-order valence-electron chi connectivity index (χ3n) is 5.22. The van der Waals surface area contributed by atoms with Crippen LogP contribution < -0.4 is 14.4 Å². The molecule has 1 N–H and O–H groups in total. The lowest BCUT2D eigenvalue weighted by molar-refractivity contribution is 0.0977. The molecule has 0 radical (unpaired) electrons. The minimum Gasteiger partial charge on any atom is -0.493 e. The summed E-state index contributed by atoms with van der Waals surface area (Å²) in [5.41, 5.74) is 2.82. The van der Waals surface area contributed by atoms with Crippen molar-refractivity contribution in [2.24, 2.45) is 0 Å². The predicted octanol–water partition coefficient (Wildman–Crippen LogP) is 5.78. The number of benzene rings is 2. The second-order valence-corrected chi connectivity index (χ2v) is 8.94. The second-order valence-electron chi connectivity index (χ2n) is 7.45. The van der Waals surface area contributed by atoms with Crippen molar-refractivity contribution in [2.45, 2.75) is 32.4 Å². The maximum Gasteiger partial charge on any atom is 0.269 e. The molecule has 1 aromatic heterocycles. The number of rotatable bonds is 8. The molecule has 0 spiro atoms. The molecule has 0 unspecified atom stereocenters. The molecule has 0 saturated heterocycles. The lowest BCUT2D eigenvalue weighted by atomic mass is 10.1. The van der Waals surface area contributed by atoms with Crippen LogP contribution in [0.2, 0.25) is 5.02 Å². The molecule has 31 heavy (non-hydrogen) atoms. The van der Waals surface area contributed by atoms with Crippen molar-refractivity contribution in [1.82, 2.24) is 0 Å². The zero-order valence-corrected chi connectivity index (χ0v) is 19.0. The van der Waals surface area contributed by atoms with Crippen molar-refractivity contribution in [2.75, 3.05) is 18.6 Å². The number of anilines is 1. The van der Waals surface area contributed by atoms with Gasteiger partial charge >= 0.3 is 0 Å². The predicted molar refractivity (Wildman–Crippen MR) is 125 cm³/mol. The molecule has 162 valence electrons. The summed E-state index contributed by atoms with van der Waals surface area (Å²) in [7, 11) is 1.56. The zero-order chi connectivity index (χ0) is 22.0. The number of aliphatic hydroxyl groups excluding tert-OH is 1. The van der Waals surface area contributed by atoms with E-state index in [1.807, 2.05) is 37.3 Å². The van der Waals surface area contributed by atoms with Crippen molar-refractivity contribution >= 4 is 34.5 Å². The fourth-order valence-corrected chi connectivity index (χ4v) is 4.86. The number of amides is 1. The number of fused-ring (bicyclic) bond motifs is 1. The Morgan fingerprint density at radius 2 is 1.94 bits per heavy atom. The summed E-state index contributed by atoms with van der Waals surface area (Å²) in [5.74, 6) is 1.06. The Labute approximate surface area is 190 Å². The number of ether oxygens (including phenoxy) is 2. The summed E-state index contributed by atoms with van der Waals surface area (Å²) < 4.78 is 11.2. The maximum atomic E-state index is 13.1. The summed E-state index contributed by atoms with van der Waals surface area (Å²) in [4.78, 5) is 16.6. The van der Waals surface area contributed by atoms with Crippen LogP contribution in [0.5, 0.6) is 11.5 Å². The third kappa shape index (κ3) is 4.56. The summed E-state index contributed by atoms with van der Waals surface area (Å²) in [6.45, 7) is 2.73. The monoisotopic (exact) mass is 457 g/mol. The minimum atomic E-state index is -0.514. The first-order valence-electron chi connectivity index (χ1n) is 10.2. The lowest BCUT2D eigenvalue weighted by Gasteiger charge is -2.19. The van der Waals surface area contributed by atoms with E-state index in [2.05, 4.69) is 6.07 Å². The fourth-order valence-electron chi connectivity index (χ4n) is 3.60.